The molecule has 1 aromatic heterocycles. The van der Waals surface area contributed by atoms with Gasteiger partial charge in [0, 0.05) is 24.4 Å². The Kier molecular flexibility index (Phi) is 4.62. The van der Waals surface area contributed by atoms with E-state index in [0.29, 0.717) is 12.4 Å². The molecule has 0 saturated carbocycles. The number of anilines is 2. The molecule has 0 aliphatic rings. The monoisotopic (exact) mass is 338 g/mol. The second-order valence-corrected chi connectivity index (χ2v) is 4.81. The van der Waals surface area contributed by atoms with Crippen LogP contribution in [-0.2, 0) is 6.54 Å². The molecule has 106 valence electrons. The van der Waals surface area contributed by atoms with E-state index in [1.54, 1.807) is 20.4 Å². The smallest absolute Gasteiger partial charge is 0.221 e. The van der Waals surface area contributed by atoms with Gasteiger partial charge >= 0.3 is 0 Å². The summed E-state index contributed by atoms with van der Waals surface area (Å²) in [7, 11) is 3.24. The molecule has 0 unspecified atom stereocenters. The molecule has 0 bridgehead atoms. The summed E-state index contributed by atoms with van der Waals surface area (Å²) in [4.78, 5) is 8.01. The Hall–Kier alpha value is -2.02. The highest BCUT2D eigenvalue weighted by Crippen LogP contribution is 2.26. The van der Waals surface area contributed by atoms with Gasteiger partial charge in [0.2, 0.25) is 5.95 Å². The quantitative estimate of drug-likeness (QED) is 0.871. The maximum Gasteiger partial charge on any atom is 0.221 e. The minimum absolute atomic E-state index is 0.220. The number of rotatable bonds is 5. The number of aromatic nitrogens is 2. The molecule has 0 aliphatic heterocycles. The summed E-state index contributed by atoms with van der Waals surface area (Å²) in [6.45, 7) is 0.544. The van der Waals surface area contributed by atoms with E-state index in [9.17, 15) is 0 Å². The summed E-state index contributed by atoms with van der Waals surface area (Å²) in [5, 5.41) is 3.18. The highest BCUT2D eigenvalue weighted by molar-refractivity contribution is 9.10. The first-order chi connectivity index (χ1) is 9.63. The van der Waals surface area contributed by atoms with Crippen LogP contribution in [0.25, 0.3) is 0 Å². The van der Waals surface area contributed by atoms with Crippen molar-refractivity contribution in [1.82, 2.24) is 9.97 Å². The summed E-state index contributed by atoms with van der Waals surface area (Å²) in [5.41, 5.74) is 6.55. The van der Waals surface area contributed by atoms with Gasteiger partial charge in [0.25, 0.3) is 0 Å². The number of halogens is 1. The number of benzene rings is 1. The molecule has 1 aromatic carbocycles. The van der Waals surface area contributed by atoms with Gasteiger partial charge < -0.3 is 20.5 Å². The van der Waals surface area contributed by atoms with Crippen molar-refractivity contribution >= 4 is 27.7 Å². The van der Waals surface area contributed by atoms with Crippen LogP contribution in [-0.4, -0.2) is 24.2 Å². The van der Waals surface area contributed by atoms with Crippen LogP contribution in [0.4, 0.5) is 11.8 Å². The van der Waals surface area contributed by atoms with E-state index in [4.69, 9.17) is 15.2 Å². The number of ether oxygens (including phenoxy) is 2. The molecular weight excluding hydrogens is 324 g/mol. The topological polar surface area (TPSA) is 82.3 Å². The Morgan fingerprint density at radius 3 is 2.80 bits per heavy atom. The molecule has 6 nitrogen and oxygen atoms in total. The first kappa shape index (κ1) is 14.4. The maximum absolute atomic E-state index is 5.57. The fourth-order valence-corrected chi connectivity index (χ4v) is 2.01. The molecule has 1 heterocycles. The predicted octanol–water partition coefficient (Wildman–Crippen LogP) is 2.45. The lowest BCUT2D eigenvalue weighted by molar-refractivity contribution is 0.391. The third kappa shape index (κ3) is 3.30. The van der Waals surface area contributed by atoms with Gasteiger partial charge in [-0.25, -0.2) is 4.98 Å². The van der Waals surface area contributed by atoms with Crippen molar-refractivity contribution in [2.75, 3.05) is 25.3 Å². The van der Waals surface area contributed by atoms with Gasteiger partial charge in [0.1, 0.15) is 17.3 Å². The van der Waals surface area contributed by atoms with E-state index in [-0.39, 0.29) is 5.95 Å². The number of hydrogen-bond donors (Lipinski definition) is 2. The summed E-state index contributed by atoms with van der Waals surface area (Å²) < 4.78 is 11.3. The van der Waals surface area contributed by atoms with Crippen LogP contribution in [0, 0.1) is 0 Å². The van der Waals surface area contributed by atoms with Crippen LogP contribution < -0.4 is 20.5 Å². The predicted molar refractivity (Wildman–Crippen MR) is 81.0 cm³/mol. The van der Waals surface area contributed by atoms with E-state index < -0.39 is 0 Å². The molecule has 2 rings (SSSR count). The van der Waals surface area contributed by atoms with Crippen molar-refractivity contribution in [2.24, 2.45) is 0 Å². The summed E-state index contributed by atoms with van der Waals surface area (Å²) in [6.07, 6.45) is 1.61. The summed E-state index contributed by atoms with van der Waals surface area (Å²) in [6, 6.07) is 5.65. The van der Waals surface area contributed by atoms with Crippen LogP contribution in [0.5, 0.6) is 11.5 Å². The molecule has 0 radical (unpaired) electrons. The lowest BCUT2D eigenvalue weighted by atomic mass is 10.2. The van der Waals surface area contributed by atoms with Crippen molar-refractivity contribution in [3.05, 3.63) is 34.4 Å². The van der Waals surface area contributed by atoms with Gasteiger partial charge in [-0.1, -0.05) is 0 Å². The standard InChI is InChI=1S/C13H15BrN4O2/c1-19-9-4-3-8(11(5-9)20-2)6-16-12-10(14)7-17-13(15)18-12/h3-5,7H,6H2,1-2H3,(H3,15,16,17,18). The number of nitrogens with one attached hydrogen (secondary N) is 1. The number of hydrogen-bond acceptors (Lipinski definition) is 6. The zero-order valence-electron chi connectivity index (χ0n) is 11.2. The van der Waals surface area contributed by atoms with E-state index in [2.05, 4.69) is 31.2 Å². The third-order valence-electron chi connectivity index (χ3n) is 2.70. The molecule has 0 amide bonds. The second-order valence-electron chi connectivity index (χ2n) is 3.96. The molecule has 0 saturated heterocycles. The Bertz CT molecular complexity index is 607. The lowest BCUT2D eigenvalue weighted by Crippen LogP contribution is -2.06. The van der Waals surface area contributed by atoms with Crippen molar-refractivity contribution < 1.29 is 9.47 Å². The lowest BCUT2D eigenvalue weighted by Gasteiger charge is -2.12. The molecule has 0 spiro atoms. The summed E-state index contributed by atoms with van der Waals surface area (Å²) >= 11 is 3.37. The zero-order valence-corrected chi connectivity index (χ0v) is 12.8. The van der Waals surface area contributed by atoms with E-state index >= 15 is 0 Å². The van der Waals surface area contributed by atoms with Gasteiger partial charge in [0.15, 0.2) is 0 Å². The Morgan fingerprint density at radius 2 is 2.10 bits per heavy atom. The number of methoxy groups -OCH3 is 2. The highest BCUT2D eigenvalue weighted by Gasteiger charge is 2.07. The van der Waals surface area contributed by atoms with Gasteiger partial charge in [-0.15, -0.1) is 0 Å². The molecule has 3 N–H and O–H groups in total. The fraction of sp³-hybridized carbons (Fsp3) is 0.231. The van der Waals surface area contributed by atoms with Gasteiger partial charge in [0.05, 0.1) is 18.7 Å². The van der Waals surface area contributed by atoms with Crippen molar-refractivity contribution in [3.8, 4) is 11.5 Å². The average Bonchev–Trinajstić information content (AvgIpc) is 2.48. The van der Waals surface area contributed by atoms with E-state index in [1.165, 1.54) is 0 Å². The fourth-order valence-electron chi connectivity index (χ4n) is 1.68. The summed E-state index contributed by atoms with van der Waals surface area (Å²) in [5.74, 6) is 2.35. The Labute approximate surface area is 125 Å². The molecular formula is C13H15BrN4O2. The SMILES string of the molecule is COc1ccc(CNc2nc(N)ncc2Br)c(OC)c1. The Balaban J connectivity index is 2.16. The van der Waals surface area contributed by atoms with Crippen LogP contribution in [0.3, 0.4) is 0 Å². The average molecular weight is 339 g/mol. The van der Waals surface area contributed by atoms with E-state index in [0.717, 1.165) is 21.5 Å². The highest BCUT2D eigenvalue weighted by atomic mass is 79.9. The van der Waals surface area contributed by atoms with Crippen LogP contribution in [0.1, 0.15) is 5.56 Å². The van der Waals surface area contributed by atoms with Crippen LogP contribution in [0.2, 0.25) is 0 Å². The number of nitrogens with zero attached hydrogens (tertiary/aromatic N) is 2. The molecule has 0 fully saturated rings. The normalized spacial score (nSPS) is 10.2. The van der Waals surface area contributed by atoms with Crippen molar-refractivity contribution in [3.63, 3.8) is 0 Å². The van der Waals surface area contributed by atoms with Crippen LogP contribution in [0.15, 0.2) is 28.9 Å². The minimum atomic E-state index is 0.220. The minimum Gasteiger partial charge on any atom is -0.497 e. The molecule has 7 heteroatoms. The number of nitrogen functional groups attached to an aromatic ring is 1. The Morgan fingerprint density at radius 1 is 1.30 bits per heavy atom. The molecule has 20 heavy (non-hydrogen) atoms. The van der Waals surface area contributed by atoms with Crippen molar-refractivity contribution in [2.45, 2.75) is 6.54 Å². The number of nitrogens with two attached hydrogens (primary N) is 1. The second kappa shape index (κ2) is 6.42. The maximum atomic E-state index is 5.57. The molecule has 0 atom stereocenters. The molecule has 0 aliphatic carbocycles. The van der Waals surface area contributed by atoms with Crippen LogP contribution >= 0.6 is 15.9 Å². The molecule has 2 aromatic rings. The van der Waals surface area contributed by atoms with Gasteiger partial charge in [-0.3, -0.25) is 0 Å². The van der Waals surface area contributed by atoms with Gasteiger partial charge in [-0.05, 0) is 28.1 Å². The zero-order chi connectivity index (χ0) is 14.5. The third-order valence-corrected chi connectivity index (χ3v) is 3.28. The first-order valence-corrected chi connectivity index (χ1v) is 6.66. The van der Waals surface area contributed by atoms with Gasteiger partial charge in [-0.2, -0.15) is 4.98 Å². The van der Waals surface area contributed by atoms with Crippen molar-refractivity contribution in [1.29, 1.82) is 0 Å². The van der Waals surface area contributed by atoms with E-state index in [1.807, 2.05) is 18.2 Å². The largest absolute Gasteiger partial charge is 0.497 e. The first-order valence-electron chi connectivity index (χ1n) is 5.87.